The molecule has 2 rings (SSSR count). The molecular weight excluding hydrogens is 248 g/mol. The average Bonchev–Trinajstić information content (AvgIpc) is 2.36. The van der Waals surface area contributed by atoms with E-state index in [0.29, 0.717) is 11.6 Å². The lowest BCUT2D eigenvalue weighted by Gasteiger charge is -2.13. The van der Waals surface area contributed by atoms with Crippen LogP contribution < -0.4 is 5.32 Å². The van der Waals surface area contributed by atoms with Gasteiger partial charge in [0, 0.05) is 28.8 Å². The van der Waals surface area contributed by atoms with Crippen molar-refractivity contribution in [3.63, 3.8) is 0 Å². The molecule has 1 atom stereocenters. The fourth-order valence-corrected chi connectivity index (χ4v) is 2.10. The van der Waals surface area contributed by atoms with E-state index >= 15 is 0 Å². The van der Waals surface area contributed by atoms with Crippen molar-refractivity contribution >= 4 is 28.2 Å². The van der Waals surface area contributed by atoms with Gasteiger partial charge < -0.3 is 10.4 Å². The lowest BCUT2D eigenvalue weighted by Crippen LogP contribution is -2.19. The van der Waals surface area contributed by atoms with E-state index in [1.807, 2.05) is 24.3 Å². The SMILES string of the molecule is CCCC(O)CNc1ccnc2cc(Cl)ccc12. The summed E-state index contributed by atoms with van der Waals surface area (Å²) in [5, 5.41) is 14.7. The zero-order chi connectivity index (χ0) is 13.0. The lowest BCUT2D eigenvalue weighted by atomic mass is 10.1. The molecule has 0 amide bonds. The Morgan fingerprint density at radius 3 is 3.00 bits per heavy atom. The summed E-state index contributed by atoms with van der Waals surface area (Å²) in [7, 11) is 0. The van der Waals surface area contributed by atoms with Crippen LogP contribution in [0.2, 0.25) is 5.02 Å². The molecule has 18 heavy (non-hydrogen) atoms. The number of aliphatic hydroxyl groups excluding tert-OH is 1. The highest BCUT2D eigenvalue weighted by Crippen LogP contribution is 2.24. The molecule has 0 aliphatic heterocycles. The predicted molar refractivity (Wildman–Crippen MR) is 76.2 cm³/mol. The van der Waals surface area contributed by atoms with Gasteiger partial charge in [-0.25, -0.2) is 0 Å². The number of pyridine rings is 1. The smallest absolute Gasteiger partial charge is 0.0737 e. The summed E-state index contributed by atoms with van der Waals surface area (Å²) in [6.07, 6.45) is 3.22. The van der Waals surface area contributed by atoms with Crippen molar-refractivity contribution in [2.45, 2.75) is 25.9 Å². The van der Waals surface area contributed by atoms with E-state index < -0.39 is 0 Å². The largest absolute Gasteiger partial charge is 0.391 e. The standard InChI is InChI=1S/C14H17ClN2O/c1-2-3-11(18)9-17-13-6-7-16-14-8-10(15)4-5-12(13)14/h4-8,11,18H,2-3,9H2,1H3,(H,16,17). The van der Waals surface area contributed by atoms with Crippen LogP contribution in [0.15, 0.2) is 30.5 Å². The second kappa shape index (κ2) is 6.03. The van der Waals surface area contributed by atoms with Crippen LogP contribution in [-0.2, 0) is 0 Å². The Balaban J connectivity index is 2.18. The molecule has 2 aromatic rings. The summed E-state index contributed by atoms with van der Waals surface area (Å²) in [5.74, 6) is 0. The van der Waals surface area contributed by atoms with Crippen LogP contribution in [0.1, 0.15) is 19.8 Å². The first-order valence-electron chi connectivity index (χ1n) is 6.17. The minimum atomic E-state index is -0.314. The van der Waals surface area contributed by atoms with Gasteiger partial charge in [-0.05, 0) is 30.7 Å². The first kappa shape index (κ1) is 13.1. The number of nitrogens with zero attached hydrogens (tertiary/aromatic N) is 1. The van der Waals surface area contributed by atoms with Crippen molar-refractivity contribution in [1.82, 2.24) is 4.98 Å². The van der Waals surface area contributed by atoms with E-state index in [0.717, 1.165) is 29.4 Å². The number of nitrogens with one attached hydrogen (secondary N) is 1. The molecule has 1 unspecified atom stereocenters. The van der Waals surface area contributed by atoms with Gasteiger partial charge in [0.1, 0.15) is 0 Å². The van der Waals surface area contributed by atoms with Crippen molar-refractivity contribution in [3.8, 4) is 0 Å². The van der Waals surface area contributed by atoms with Gasteiger partial charge in [-0.15, -0.1) is 0 Å². The van der Waals surface area contributed by atoms with Crippen LogP contribution in [-0.4, -0.2) is 22.7 Å². The third-order valence-electron chi connectivity index (χ3n) is 2.85. The molecule has 0 aliphatic carbocycles. The molecule has 1 aromatic heterocycles. The van der Waals surface area contributed by atoms with Crippen molar-refractivity contribution in [1.29, 1.82) is 0 Å². The van der Waals surface area contributed by atoms with E-state index in [1.165, 1.54) is 0 Å². The summed E-state index contributed by atoms with van der Waals surface area (Å²) < 4.78 is 0. The number of benzene rings is 1. The number of hydrogen-bond donors (Lipinski definition) is 2. The van der Waals surface area contributed by atoms with Gasteiger partial charge >= 0.3 is 0 Å². The Hall–Kier alpha value is -1.32. The number of aliphatic hydroxyl groups is 1. The van der Waals surface area contributed by atoms with Crippen LogP contribution in [0.4, 0.5) is 5.69 Å². The monoisotopic (exact) mass is 264 g/mol. The van der Waals surface area contributed by atoms with Crippen LogP contribution >= 0.6 is 11.6 Å². The molecule has 0 aliphatic rings. The maximum absolute atomic E-state index is 9.73. The number of fused-ring (bicyclic) bond motifs is 1. The Kier molecular flexibility index (Phi) is 4.39. The molecule has 4 heteroatoms. The molecule has 96 valence electrons. The highest BCUT2D eigenvalue weighted by atomic mass is 35.5. The van der Waals surface area contributed by atoms with Crippen molar-refractivity contribution < 1.29 is 5.11 Å². The molecule has 3 nitrogen and oxygen atoms in total. The Labute approximate surface area is 112 Å². The van der Waals surface area contributed by atoms with Gasteiger partial charge in [0.2, 0.25) is 0 Å². The van der Waals surface area contributed by atoms with E-state index in [9.17, 15) is 5.11 Å². The van der Waals surface area contributed by atoms with E-state index in [4.69, 9.17) is 11.6 Å². The highest BCUT2D eigenvalue weighted by Gasteiger charge is 2.05. The molecule has 0 saturated carbocycles. The van der Waals surface area contributed by atoms with Crippen LogP contribution in [0.25, 0.3) is 10.9 Å². The zero-order valence-corrected chi connectivity index (χ0v) is 11.1. The van der Waals surface area contributed by atoms with Gasteiger partial charge in [-0.1, -0.05) is 24.9 Å². The van der Waals surface area contributed by atoms with Gasteiger partial charge in [-0.3, -0.25) is 4.98 Å². The summed E-state index contributed by atoms with van der Waals surface area (Å²) >= 11 is 5.94. The predicted octanol–water partition coefficient (Wildman–Crippen LogP) is 3.46. The minimum Gasteiger partial charge on any atom is -0.391 e. The molecular formula is C14H17ClN2O. The fourth-order valence-electron chi connectivity index (χ4n) is 1.94. The van der Waals surface area contributed by atoms with Crippen molar-refractivity contribution in [2.24, 2.45) is 0 Å². The number of hydrogen-bond acceptors (Lipinski definition) is 3. The van der Waals surface area contributed by atoms with E-state index in [-0.39, 0.29) is 6.10 Å². The summed E-state index contributed by atoms with van der Waals surface area (Å²) in [6, 6.07) is 7.54. The van der Waals surface area contributed by atoms with Gasteiger partial charge in [0.05, 0.1) is 11.6 Å². The molecule has 1 aromatic carbocycles. The van der Waals surface area contributed by atoms with E-state index in [1.54, 1.807) is 6.20 Å². The highest BCUT2D eigenvalue weighted by molar-refractivity contribution is 6.31. The molecule has 2 N–H and O–H groups in total. The number of anilines is 1. The lowest BCUT2D eigenvalue weighted by molar-refractivity contribution is 0.176. The average molecular weight is 265 g/mol. The first-order chi connectivity index (χ1) is 8.70. The molecule has 0 saturated heterocycles. The Morgan fingerprint density at radius 2 is 2.22 bits per heavy atom. The van der Waals surface area contributed by atoms with Crippen LogP contribution in [0.5, 0.6) is 0 Å². The molecule has 0 bridgehead atoms. The maximum Gasteiger partial charge on any atom is 0.0737 e. The topological polar surface area (TPSA) is 45.1 Å². The maximum atomic E-state index is 9.73. The molecule has 0 spiro atoms. The Bertz CT molecular complexity index is 530. The third-order valence-corrected chi connectivity index (χ3v) is 3.09. The van der Waals surface area contributed by atoms with Gasteiger partial charge in [-0.2, -0.15) is 0 Å². The molecule has 0 radical (unpaired) electrons. The second-order valence-electron chi connectivity index (χ2n) is 4.34. The number of halogens is 1. The fraction of sp³-hybridized carbons (Fsp3) is 0.357. The van der Waals surface area contributed by atoms with Gasteiger partial charge in [0.15, 0.2) is 0 Å². The summed E-state index contributed by atoms with van der Waals surface area (Å²) in [4.78, 5) is 4.28. The Morgan fingerprint density at radius 1 is 1.39 bits per heavy atom. The van der Waals surface area contributed by atoms with Crippen LogP contribution in [0.3, 0.4) is 0 Å². The second-order valence-corrected chi connectivity index (χ2v) is 4.78. The first-order valence-corrected chi connectivity index (χ1v) is 6.54. The van der Waals surface area contributed by atoms with Crippen LogP contribution in [0, 0.1) is 0 Å². The number of rotatable bonds is 5. The number of aromatic nitrogens is 1. The quantitative estimate of drug-likeness (QED) is 0.869. The third kappa shape index (κ3) is 3.12. The van der Waals surface area contributed by atoms with Crippen molar-refractivity contribution in [3.05, 3.63) is 35.5 Å². The normalized spacial score (nSPS) is 12.6. The van der Waals surface area contributed by atoms with Crippen molar-refractivity contribution in [2.75, 3.05) is 11.9 Å². The van der Waals surface area contributed by atoms with E-state index in [2.05, 4.69) is 17.2 Å². The zero-order valence-electron chi connectivity index (χ0n) is 10.4. The molecule has 1 heterocycles. The van der Waals surface area contributed by atoms with Gasteiger partial charge in [0.25, 0.3) is 0 Å². The molecule has 0 fully saturated rings. The summed E-state index contributed by atoms with van der Waals surface area (Å²) in [5.41, 5.74) is 1.84. The summed E-state index contributed by atoms with van der Waals surface area (Å²) in [6.45, 7) is 2.61. The minimum absolute atomic E-state index is 0.314.